The monoisotopic (exact) mass is 355 g/mol. The zero-order valence-corrected chi connectivity index (χ0v) is 14.7. The number of aryl methyl sites for hydroxylation is 1. The topological polar surface area (TPSA) is 65.4 Å². The number of fused-ring (bicyclic) bond motifs is 1. The minimum atomic E-state index is -3.67. The smallest absolute Gasteiger partial charge is 0.330 e. The van der Waals surface area contributed by atoms with Gasteiger partial charge in [0.05, 0.1) is 17.5 Å². The summed E-state index contributed by atoms with van der Waals surface area (Å²) in [4.78, 5) is 11.4. The summed E-state index contributed by atoms with van der Waals surface area (Å²) in [6.45, 7) is 1.75. The van der Waals surface area contributed by atoms with Crippen molar-refractivity contribution in [1.29, 1.82) is 0 Å². The third-order valence-electron chi connectivity index (χ3n) is 3.85. The van der Waals surface area contributed by atoms with E-state index in [1.165, 1.54) is 17.2 Å². The second-order valence-corrected chi connectivity index (χ2v) is 7.33. The Kier molecular flexibility index (Phi) is 4.46. The van der Waals surface area contributed by atoms with Crippen LogP contribution in [0.15, 0.2) is 65.6 Å². The number of aromatic nitrogens is 1. The lowest BCUT2D eigenvalue weighted by Crippen LogP contribution is -2.14. The van der Waals surface area contributed by atoms with E-state index >= 15 is 0 Å². The molecule has 6 heteroatoms. The maximum atomic E-state index is 13.0. The van der Waals surface area contributed by atoms with E-state index in [0.29, 0.717) is 11.2 Å². The number of carbonyl (C=O) groups is 1. The lowest BCUT2D eigenvalue weighted by atomic mass is 10.1. The summed E-state index contributed by atoms with van der Waals surface area (Å²) in [6.07, 6.45) is 2.95. The van der Waals surface area contributed by atoms with Gasteiger partial charge in [-0.1, -0.05) is 24.3 Å². The van der Waals surface area contributed by atoms with Gasteiger partial charge in [-0.05, 0) is 48.9 Å². The highest BCUT2D eigenvalue weighted by atomic mass is 32.2. The Morgan fingerprint density at radius 3 is 2.48 bits per heavy atom. The molecule has 0 bridgehead atoms. The fourth-order valence-electron chi connectivity index (χ4n) is 2.70. The van der Waals surface area contributed by atoms with E-state index in [4.69, 9.17) is 0 Å². The number of methoxy groups -OCH3 is 1. The molecule has 0 unspecified atom stereocenters. The van der Waals surface area contributed by atoms with Crippen LogP contribution in [-0.4, -0.2) is 25.5 Å². The van der Waals surface area contributed by atoms with Gasteiger partial charge in [-0.15, -0.1) is 0 Å². The molecule has 0 fully saturated rings. The molecular formula is C19H17NO4S. The number of carbonyl (C=O) groups excluding carboxylic acids is 1. The van der Waals surface area contributed by atoms with Crippen LogP contribution in [-0.2, 0) is 19.6 Å². The fraction of sp³-hybridized carbons (Fsp3) is 0.105. The van der Waals surface area contributed by atoms with Crippen molar-refractivity contribution in [2.24, 2.45) is 0 Å². The molecule has 0 aliphatic carbocycles. The van der Waals surface area contributed by atoms with Crippen molar-refractivity contribution in [3.63, 3.8) is 0 Å². The van der Waals surface area contributed by atoms with Crippen LogP contribution in [0.1, 0.15) is 11.3 Å². The highest BCUT2D eigenvalue weighted by Crippen LogP contribution is 2.26. The summed E-state index contributed by atoms with van der Waals surface area (Å²) < 4.78 is 31.8. The summed E-state index contributed by atoms with van der Waals surface area (Å²) >= 11 is 0. The lowest BCUT2D eigenvalue weighted by Gasteiger charge is -2.10. The largest absolute Gasteiger partial charge is 0.466 e. The number of hydrogen-bond acceptors (Lipinski definition) is 4. The molecule has 1 aromatic heterocycles. The van der Waals surface area contributed by atoms with E-state index in [9.17, 15) is 13.2 Å². The summed E-state index contributed by atoms with van der Waals surface area (Å²) in [5.41, 5.74) is 2.00. The maximum absolute atomic E-state index is 13.0. The molecule has 0 N–H and O–H groups in total. The number of esters is 1. The zero-order chi connectivity index (χ0) is 18.0. The third kappa shape index (κ3) is 3.21. The molecule has 0 spiro atoms. The molecule has 0 saturated heterocycles. The molecule has 128 valence electrons. The Labute approximate surface area is 146 Å². The first-order valence-electron chi connectivity index (χ1n) is 7.62. The van der Waals surface area contributed by atoms with Gasteiger partial charge >= 0.3 is 5.97 Å². The Balaban J connectivity index is 2.11. The van der Waals surface area contributed by atoms with Crippen molar-refractivity contribution in [2.75, 3.05) is 7.11 Å². The average Bonchev–Trinajstić information content (AvgIpc) is 2.96. The Hall–Kier alpha value is -2.86. The van der Waals surface area contributed by atoms with Crippen LogP contribution in [0.25, 0.3) is 17.0 Å². The highest BCUT2D eigenvalue weighted by Gasteiger charge is 2.21. The van der Waals surface area contributed by atoms with Crippen LogP contribution < -0.4 is 0 Å². The van der Waals surface area contributed by atoms with Gasteiger partial charge in [-0.3, -0.25) is 0 Å². The van der Waals surface area contributed by atoms with E-state index < -0.39 is 16.0 Å². The molecule has 1 heterocycles. The fourth-order valence-corrected chi connectivity index (χ4v) is 4.27. The molecule has 3 rings (SSSR count). The van der Waals surface area contributed by atoms with Crippen molar-refractivity contribution >= 4 is 33.0 Å². The quantitative estimate of drug-likeness (QED) is 0.532. The number of rotatable bonds is 4. The highest BCUT2D eigenvalue weighted by molar-refractivity contribution is 7.90. The Morgan fingerprint density at radius 1 is 1.08 bits per heavy atom. The Morgan fingerprint density at radius 2 is 1.80 bits per heavy atom. The molecule has 0 radical (unpaired) electrons. The summed E-state index contributed by atoms with van der Waals surface area (Å²) in [6, 6.07) is 15.5. The molecule has 5 nitrogen and oxygen atoms in total. The lowest BCUT2D eigenvalue weighted by molar-refractivity contribution is -0.134. The zero-order valence-electron chi connectivity index (χ0n) is 13.8. The van der Waals surface area contributed by atoms with E-state index in [1.54, 1.807) is 55.5 Å². The predicted octanol–water partition coefficient (Wildman–Crippen LogP) is 3.37. The van der Waals surface area contributed by atoms with E-state index in [1.807, 2.05) is 12.1 Å². The van der Waals surface area contributed by atoms with E-state index in [2.05, 4.69) is 4.74 Å². The summed E-state index contributed by atoms with van der Waals surface area (Å²) in [5.74, 6) is -0.444. The Bertz CT molecular complexity index is 1060. The van der Waals surface area contributed by atoms with Crippen molar-refractivity contribution in [3.05, 3.63) is 71.9 Å². The van der Waals surface area contributed by atoms with Crippen LogP contribution in [0.3, 0.4) is 0 Å². The van der Waals surface area contributed by atoms with Crippen LogP contribution in [0, 0.1) is 6.92 Å². The molecular weight excluding hydrogens is 338 g/mol. The molecule has 0 aliphatic rings. The summed E-state index contributed by atoms with van der Waals surface area (Å²) in [5, 5.41) is 0.782. The van der Waals surface area contributed by atoms with Crippen molar-refractivity contribution in [2.45, 2.75) is 11.8 Å². The second kappa shape index (κ2) is 6.57. The first-order valence-corrected chi connectivity index (χ1v) is 9.06. The van der Waals surface area contributed by atoms with Crippen molar-refractivity contribution in [3.8, 4) is 0 Å². The third-order valence-corrected chi connectivity index (χ3v) is 5.68. The van der Waals surface area contributed by atoms with Crippen LogP contribution in [0.4, 0.5) is 0 Å². The molecule has 3 aromatic rings. The van der Waals surface area contributed by atoms with Crippen LogP contribution >= 0.6 is 0 Å². The number of ether oxygens (including phenoxy) is 1. The van der Waals surface area contributed by atoms with E-state index in [-0.39, 0.29) is 4.90 Å². The summed E-state index contributed by atoms with van der Waals surface area (Å²) in [7, 11) is -2.36. The van der Waals surface area contributed by atoms with Gasteiger partial charge < -0.3 is 4.74 Å². The molecule has 0 aliphatic heterocycles. The first-order chi connectivity index (χ1) is 11.9. The second-order valence-electron chi connectivity index (χ2n) is 5.54. The van der Waals surface area contributed by atoms with Gasteiger partial charge in [0, 0.05) is 17.2 Å². The van der Waals surface area contributed by atoms with Crippen molar-refractivity contribution < 1.29 is 17.9 Å². The normalized spacial score (nSPS) is 11.9. The molecule has 0 amide bonds. The minimum absolute atomic E-state index is 0.241. The predicted molar refractivity (Wildman–Crippen MR) is 96.8 cm³/mol. The van der Waals surface area contributed by atoms with Crippen molar-refractivity contribution in [1.82, 2.24) is 3.97 Å². The van der Waals surface area contributed by atoms with Gasteiger partial charge in [0.25, 0.3) is 10.0 Å². The number of benzene rings is 2. The molecule has 0 saturated carbocycles. The number of hydrogen-bond donors (Lipinski definition) is 0. The van der Waals surface area contributed by atoms with Gasteiger partial charge in [0.15, 0.2) is 0 Å². The van der Waals surface area contributed by atoms with Crippen LogP contribution in [0.5, 0.6) is 0 Å². The average molecular weight is 355 g/mol. The van der Waals surface area contributed by atoms with Gasteiger partial charge in [0.2, 0.25) is 0 Å². The van der Waals surface area contributed by atoms with Crippen LogP contribution in [0.2, 0.25) is 0 Å². The van der Waals surface area contributed by atoms with Gasteiger partial charge in [0.1, 0.15) is 0 Å². The maximum Gasteiger partial charge on any atom is 0.330 e. The first kappa shape index (κ1) is 17.0. The van der Waals surface area contributed by atoms with Gasteiger partial charge in [-0.25, -0.2) is 17.2 Å². The molecule has 0 atom stereocenters. The van der Waals surface area contributed by atoms with E-state index in [0.717, 1.165) is 10.9 Å². The molecule has 2 aromatic carbocycles. The minimum Gasteiger partial charge on any atom is -0.466 e. The standard InChI is InChI=1S/C19H17NO4S/c1-14-12-16-13-15(9-11-19(21)24-2)8-10-18(16)20(14)25(22,23)17-6-4-3-5-7-17/h3-13H,1-2H3. The van der Waals surface area contributed by atoms with Gasteiger partial charge in [-0.2, -0.15) is 0 Å². The molecule has 25 heavy (non-hydrogen) atoms. The SMILES string of the molecule is COC(=O)C=Cc1ccc2c(c1)cc(C)n2S(=O)(=O)c1ccccc1. The number of nitrogens with zero attached hydrogens (tertiary/aromatic N) is 1.